The number of allylic oxidation sites excluding steroid dienone is 3. The van der Waals surface area contributed by atoms with E-state index in [0.717, 1.165) is 35.7 Å². The van der Waals surface area contributed by atoms with E-state index >= 15 is 0 Å². The fourth-order valence-electron chi connectivity index (χ4n) is 3.90. The second-order valence-corrected chi connectivity index (χ2v) is 7.12. The minimum absolute atomic E-state index is 0.265. The predicted molar refractivity (Wildman–Crippen MR) is 119 cm³/mol. The molecule has 30 heavy (non-hydrogen) atoms. The molecular weight excluding hydrogens is 380 g/mol. The van der Waals surface area contributed by atoms with Crippen LogP contribution in [0.25, 0.3) is 6.08 Å². The van der Waals surface area contributed by atoms with Gasteiger partial charge in [0, 0.05) is 17.5 Å². The summed E-state index contributed by atoms with van der Waals surface area (Å²) in [4.78, 5) is 0. The molecule has 3 rings (SSSR count). The van der Waals surface area contributed by atoms with Crippen LogP contribution in [-0.4, -0.2) is 35.5 Å². The van der Waals surface area contributed by atoms with E-state index < -0.39 is 0 Å². The Hall–Kier alpha value is -3.08. The zero-order chi connectivity index (χ0) is 21.5. The maximum absolute atomic E-state index is 5.56. The van der Waals surface area contributed by atoms with Crippen molar-refractivity contribution in [3.63, 3.8) is 0 Å². The molecule has 0 bridgehead atoms. The maximum atomic E-state index is 5.56. The molecule has 0 aromatic heterocycles. The van der Waals surface area contributed by atoms with E-state index in [9.17, 15) is 0 Å². The van der Waals surface area contributed by atoms with Gasteiger partial charge >= 0.3 is 0 Å². The van der Waals surface area contributed by atoms with Crippen LogP contribution >= 0.6 is 0 Å². The number of benzene rings is 2. The molecule has 2 atom stereocenters. The first kappa shape index (κ1) is 21.6. The molecule has 0 spiro atoms. The molecule has 0 N–H and O–H groups in total. The molecule has 160 valence electrons. The molecular formula is C25H30O5. The van der Waals surface area contributed by atoms with Crippen LogP contribution in [0.15, 0.2) is 48.6 Å². The van der Waals surface area contributed by atoms with Crippen molar-refractivity contribution in [2.24, 2.45) is 5.92 Å². The number of rotatable bonds is 8. The average molecular weight is 411 g/mol. The number of ether oxygens (including phenoxy) is 5. The summed E-state index contributed by atoms with van der Waals surface area (Å²) in [5.41, 5.74) is 2.16. The molecule has 1 aliphatic rings. The van der Waals surface area contributed by atoms with Crippen LogP contribution in [0.5, 0.6) is 28.7 Å². The lowest BCUT2D eigenvalue weighted by Gasteiger charge is -2.26. The SMILES string of the molecule is COc1cc(OC)c(OC)cc1C=C[C@H]1CCC=C[C@H]1c1ccc(OC)c(OC)c1. The summed E-state index contributed by atoms with van der Waals surface area (Å²) in [6, 6.07) is 9.94. The first-order valence-electron chi connectivity index (χ1n) is 10.0. The third kappa shape index (κ3) is 4.56. The van der Waals surface area contributed by atoms with E-state index in [1.807, 2.05) is 18.2 Å². The number of hydrogen-bond donors (Lipinski definition) is 0. The van der Waals surface area contributed by atoms with Crippen molar-refractivity contribution < 1.29 is 23.7 Å². The van der Waals surface area contributed by atoms with Crippen molar-refractivity contribution in [3.8, 4) is 28.7 Å². The van der Waals surface area contributed by atoms with E-state index in [-0.39, 0.29) is 5.92 Å². The Morgan fingerprint density at radius 2 is 1.37 bits per heavy atom. The van der Waals surface area contributed by atoms with Crippen LogP contribution in [0.2, 0.25) is 0 Å². The van der Waals surface area contributed by atoms with Gasteiger partial charge in [-0.3, -0.25) is 0 Å². The second-order valence-electron chi connectivity index (χ2n) is 7.12. The molecule has 0 aliphatic heterocycles. The van der Waals surface area contributed by atoms with Crippen LogP contribution in [0, 0.1) is 5.92 Å². The average Bonchev–Trinajstić information content (AvgIpc) is 2.81. The molecule has 0 saturated heterocycles. The van der Waals surface area contributed by atoms with Gasteiger partial charge in [0.05, 0.1) is 35.5 Å². The highest BCUT2D eigenvalue weighted by atomic mass is 16.5. The van der Waals surface area contributed by atoms with Crippen molar-refractivity contribution in [2.75, 3.05) is 35.5 Å². The van der Waals surface area contributed by atoms with E-state index in [4.69, 9.17) is 23.7 Å². The van der Waals surface area contributed by atoms with Crippen molar-refractivity contribution in [1.29, 1.82) is 0 Å². The highest BCUT2D eigenvalue weighted by molar-refractivity contribution is 5.64. The number of hydrogen-bond acceptors (Lipinski definition) is 5. The van der Waals surface area contributed by atoms with Crippen LogP contribution in [0.3, 0.4) is 0 Å². The lowest BCUT2D eigenvalue weighted by molar-refractivity contribution is 0.348. The van der Waals surface area contributed by atoms with Crippen LogP contribution in [0.4, 0.5) is 0 Å². The molecule has 0 amide bonds. The Morgan fingerprint density at radius 3 is 2.03 bits per heavy atom. The first-order valence-corrected chi connectivity index (χ1v) is 10.0. The fraction of sp³-hybridized carbons (Fsp3) is 0.360. The van der Waals surface area contributed by atoms with Gasteiger partial charge in [0.15, 0.2) is 23.0 Å². The predicted octanol–water partition coefficient (Wildman–Crippen LogP) is 5.49. The Kier molecular flexibility index (Phi) is 7.28. The summed E-state index contributed by atoms with van der Waals surface area (Å²) in [6.07, 6.45) is 11.0. The molecule has 1 aliphatic carbocycles. The van der Waals surface area contributed by atoms with Gasteiger partial charge in [-0.05, 0) is 42.5 Å². The highest BCUT2D eigenvalue weighted by Gasteiger charge is 2.22. The lowest BCUT2D eigenvalue weighted by atomic mass is 9.79. The molecule has 5 heteroatoms. The van der Waals surface area contributed by atoms with Crippen LogP contribution in [-0.2, 0) is 0 Å². The second kappa shape index (κ2) is 10.1. The third-order valence-electron chi connectivity index (χ3n) is 5.52. The summed E-state index contributed by atoms with van der Waals surface area (Å²) in [6.45, 7) is 0. The summed E-state index contributed by atoms with van der Waals surface area (Å²) in [5, 5.41) is 0. The van der Waals surface area contributed by atoms with Crippen molar-refractivity contribution >= 4 is 6.08 Å². The van der Waals surface area contributed by atoms with E-state index in [1.165, 1.54) is 5.56 Å². The van der Waals surface area contributed by atoms with E-state index in [2.05, 4.69) is 36.4 Å². The van der Waals surface area contributed by atoms with Gasteiger partial charge in [-0.2, -0.15) is 0 Å². The molecule has 0 heterocycles. The van der Waals surface area contributed by atoms with Gasteiger partial charge < -0.3 is 23.7 Å². The van der Waals surface area contributed by atoms with Gasteiger partial charge in [0.2, 0.25) is 0 Å². The third-order valence-corrected chi connectivity index (χ3v) is 5.52. The lowest BCUT2D eigenvalue weighted by Crippen LogP contribution is -2.12. The highest BCUT2D eigenvalue weighted by Crippen LogP contribution is 2.40. The summed E-state index contributed by atoms with van der Waals surface area (Å²) in [7, 11) is 8.24. The zero-order valence-electron chi connectivity index (χ0n) is 18.3. The molecule has 5 nitrogen and oxygen atoms in total. The molecule has 0 unspecified atom stereocenters. The largest absolute Gasteiger partial charge is 0.496 e. The first-order chi connectivity index (χ1) is 14.6. The fourth-order valence-corrected chi connectivity index (χ4v) is 3.90. The number of methoxy groups -OCH3 is 5. The van der Waals surface area contributed by atoms with Crippen molar-refractivity contribution in [3.05, 3.63) is 59.7 Å². The molecule has 0 radical (unpaired) electrons. The molecule has 0 saturated carbocycles. The van der Waals surface area contributed by atoms with Gasteiger partial charge in [-0.15, -0.1) is 0 Å². The van der Waals surface area contributed by atoms with Gasteiger partial charge in [0.25, 0.3) is 0 Å². The quantitative estimate of drug-likeness (QED) is 0.538. The minimum atomic E-state index is 0.265. The smallest absolute Gasteiger partial charge is 0.164 e. The molecule has 2 aromatic rings. The van der Waals surface area contributed by atoms with Gasteiger partial charge in [-0.25, -0.2) is 0 Å². The summed E-state index contributed by atoms with van der Waals surface area (Å²) < 4.78 is 27.3. The normalized spacial score (nSPS) is 18.3. The van der Waals surface area contributed by atoms with Crippen LogP contribution < -0.4 is 23.7 Å². The Morgan fingerprint density at radius 1 is 0.733 bits per heavy atom. The Labute approximate surface area is 178 Å². The van der Waals surface area contributed by atoms with Crippen molar-refractivity contribution in [2.45, 2.75) is 18.8 Å². The summed E-state index contributed by atoms with van der Waals surface area (Å²) in [5.74, 6) is 4.18. The standard InChI is InChI=1S/C25H30O5/c1-26-21-13-12-18(14-23(21)28-3)20-9-7-6-8-17(20)10-11-19-15-24(29-4)25(30-5)16-22(19)27-2/h7,9-17,20H,6,8H2,1-5H3/t17-,20-/m1/s1. The topological polar surface area (TPSA) is 46.2 Å². The van der Waals surface area contributed by atoms with Crippen molar-refractivity contribution in [1.82, 2.24) is 0 Å². The van der Waals surface area contributed by atoms with E-state index in [1.54, 1.807) is 35.5 Å². The maximum Gasteiger partial charge on any atom is 0.164 e. The Balaban J connectivity index is 1.92. The minimum Gasteiger partial charge on any atom is -0.496 e. The van der Waals surface area contributed by atoms with Gasteiger partial charge in [0.1, 0.15) is 5.75 Å². The summed E-state index contributed by atoms with van der Waals surface area (Å²) >= 11 is 0. The van der Waals surface area contributed by atoms with E-state index in [0.29, 0.717) is 17.4 Å². The van der Waals surface area contributed by atoms with Crippen LogP contribution in [0.1, 0.15) is 29.9 Å². The Bertz CT molecular complexity index is 916. The monoisotopic (exact) mass is 410 g/mol. The molecule has 2 aromatic carbocycles. The van der Waals surface area contributed by atoms with Gasteiger partial charge in [-0.1, -0.05) is 30.4 Å². The molecule has 0 fully saturated rings. The zero-order valence-corrected chi connectivity index (χ0v) is 18.3.